The van der Waals surface area contributed by atoms with E-state index in [0.717, 1.165) is 30.8 Å². The van der Waals surface area contributed by atoms with Gasteiger partial charge in [-0.05, 0) is 50.5 Å². The fourth-order valence-corrected chi connectivity index (χ4v) is 4.11. The molecule has 0 aromatic carbocycles. The number of aryl methyl sites for hydroxylation is 2. The Bertz CT molecular complexity index is 450. The van der Waals surface area contributed by atoms with E-state index in [0.29, 0.717) is 13.0 Å². The molecule has 2 aliphatic carbocycles. The Kier molecular flexibility index (Phi) is 3.58. The SMILES string of the molecule is NCC1(CC(=O)Nc2nc3c(s2)CCCC3)CCC1. The molecule has 0 unspecified atom stereocenters. The van der Waals surface area contributed by atoms with E-state index in [4.69, 9.17) is 5.73 Å². The Hall–Kier alpha value is -0.940. The van der Waals surface area contributed by atoms with E-state index in [-0.39, 0.29) is 11.3 Å². The number of hydrogen-bond acceptors (Lipinski definition) is 4. The van der Waals surface area contributed by atoms with Gasteiger partial charge >= 0.3 is 0 Å². The van der Waals surface area contributed by atoms with Gasteiger partial charge in [-0.25, -0.2) is 4.98 Å². The van der Waals surface area contributed by atoms with Crippen LogP contribution in [0.25, 0.3) is 0 Å². The van der Waals surface area contributed by atoms with Gasteiger partial charge in [0, 0.05) is 11.3 Å². The van der Waals surface area contributed by atoms with Crippen LogP contribution in [0.4, 0.5) is 5.13 Å². The first-order valence-electron chi connectivity index (χ1n) is 7.19. The van der Waals surface area contributed by atoms with Gasteiger partial charge in [0.2, 0.25) is 5.91 Å². The molecule has 104 valence electrons. The number of carbonyl (C=O) groups excluding carboxylic acids is 1. The Balaban J connectivity index is 1.61. The molecule has 1 heterocycles. The van der Waals surface area contributed by atoms with Crippen molar-refractivity contribution in [1.29, 1.82) is 0 Å². The smallest absolute Gasteiger partial charge is 0.226 e. The van der Waals surface area contributed by atoms with Gasteiger partial charge in [-0.1, -0.05) is 6.42 Å². The molecule has 3 rings (SSSR count). The van der Waals surface area contributed by atoms with Crippen LogP contribution in [0.3, 0.4) is 0 Å². The largest absolute Gasteiger partial charge is 0.330 e. The summed E-state index contributed by atoms with van der Waals surface area (Å²) in [5, 5.41) is 3.75. The third-order valence-corrected chi connectivity index (χ3v) is 5.55. The number of thiazole rings is 1. The predicted molar refractivity (Wildman–Crippen MR) is 77.3 cm³/mol. The molecule has 5 heteroatoms. The number of anilines is 1. The molecule has 1 saturated carbocycles. The van der Waals surface area contributed by atoms with Crippen molar-refractivity contribution in [3.8, 4) is 0 Å². The van der Waals surface area contributed by atoms with Crippen molar-refractivity contribution in [1.82, 2.24) is 4.98 Å². The monoisotopic (exact) mass is 279 g/mol. The minimum absolute atomic E-state index is 0.0704. The van der Waals surface area contributed by atoms with E-state index in [2.05, 4.69) is 10.3 Å². The number of aromatic nitrogens is 1. The maximum absolute atomic E-state index is 12.1. The van der Waals surface area contributed by atoms with Crippen LogP contribution in [0.15, 0.2) is 0 Å². The van der Waals surface area contributed by atoms with Crippen LogP contribution < -0.4 is 11.1 Å². The van der Waals surface area contributed by atoms with Crippen LogP contribution >= 0.6 is 11.3 Å². The van der Waals surface area contributed by atoms with Crippen molar-refractivity contribution in [2.24, 2.45) is 11.1 Å². The third kappa shape index (κ3) is 2.67. The first kappa shape index (κ1) is 13.1. The first-order valence-corrected chi connectivity index (χ1v) is 8.01. The molecule has 0 spiro atoms. The van der Waals surface area contributed by atoms with E-state index in [1.54, 1.807) is 11.3 Å². The highest BCUT2D eigenvalue weighted by atomic mass is 32.1. The zero-order valence-corrected chi connectivity index (χ0v) is 12.0. The molecule has 1 aromatic heterocycles. The minimum atomic E-state index is 0.0704. The summed E-state index contributed by atoms with van der Waals surface area (Å²) < 4.78 is 0. The van der Waals surface area contributed by atoms with Crippen LogP contribution in [0.5, 0.6) is 0 Å². The Labute approximate surface area is 117 Å². The van der Waals surface area contributed by atoms with Gasteiger partial charge in [-0.2, -0.15) is 0 Å². The number of fused-ring (bicyclic) bond motifs is 1. The van der Waals surface area contributed by atoms with Gasteiger partial charge in [0.25, 0.3) is 0 Å². The molecule has 0 saturated heterocycles. The molecule has 4 nitrogen and oxygen atoms in total. The second-order valence-electron chi connectivity index (χ2n) is 5.88. The normalized spacial score (nSPS) is 20.5. The molecule has 0 radical (unpaired) electrons. The van der Waals surface area contributed by atoms with Crippen molar-refractivity contribution >= 4 is 22.4 Å². The molecule has 0 bridgehead atoms. The number of nitrogens with two attached hydrogens (primary N) is 1. The quantitative estimate of drug-likeness (QED) is 0.889. The summed E-state index contributed by atoms with van der Waals surface area (Å²) in [6.45, 7) is 0.620. The summed E-state index contributed by atoms with van der Waals surface area (Å²) in [5.41, 5.74) is 7.07. The van der Waals surface area contributed by atoms with Crippen molar-refractivity contribution in [2.75, 3.05) is 11.9 Å². The lowest BCUT2D eigenvalue weighted by atomic mass is 9.66. The molecule has 19 heavy (non-hydrogen) atoms. The van der Waals surface area contributed by atoms with Gasteiger partial charge in [0.05, 0.1) is 5.69 Å². The number of nitrogens with zero attached hydrogens (tertiary/aromatic N) is 1. The average Bonchev–Trinajstić information content (AvgIpc) is 2.75. The van der Waals surface area contributed by atoms with E-state index < -0.39 is 0 Å². The third-order valence-electron chi connectivity index (χ3n) is 4.47. The molecular weight excluding hydrogens is 258 g/mol. The van der Waals surface area contributed by atoms with Crippen LogP contribution in [0.2, 0.25) is 0 Å². The highest BCUT2D eigenvalue weighted by molar-refractivity contribution is 7.15. The maximum atomic E-state index is 12.1. The average molecular weight is 279 g/mol. The summed E-state index contributed by atoms with van der Waals surface area (Å²) in [6.07, 6.45) is 8.59. The number of nitrogens with one attached hydrogen (secondary N) is 1. The fraction of sp³-hybridized carbons (Fsp3) is 0.714. The number of carbonyl (C=O) groups is 1. The molecule has 0 aliphatic heterocycles. The van der Waals surface area contributed by atoms with Gasteiger partial charge < -0.3 is 11.1 Å². The van der Waals surface area contributed by atoms with Gasteiger partial charge in [0.1, 0.15) is 0 Å². The molecule has 0 atom stereocenters. The molecular formula is C14H21N3OS. The molecule has 3 N–H and O–H groups in total. The van der Waals surface area contributed by atoms with E-state index >= 15 is 0 Å². The second kappa shape index (κ2) is 5.21. The minimum Gasteiger partial charge on any atom is -0.330 e. The number of amides is 1. The number of rotatable bonds is 4. The van der Waals surface area contributed by atoms with Crippen LogP contribution in [-0.4, -0.2) is 17.4 Å². The Morgan fingerprint density at radius 3 is 2.74 bits per heavy atom. The number of hydrogen-bond donors (Lipinski definition) is 2. The highest BCUT2D eigenvalue weighted by Gasteiger charge is 2.37. The molecule has 1 amide bonds. The van der Waals surface area contributed by atoms with E-state index in [9.17, 15) is 4.79 Å². The van der Waals surface area contributed by atoms with E-state index in [1.807, 2.05) is 0 Å². The lowest BCUT2D eigenvalue weighted by molar-refractivity contribution is -0.119. The van der Waals surface area contributed by atoms with Crippen molar-refractivity contribution in [2.45, 2.75) is 51.4 Å². The van der Waals surface area contributed by atoms with Gasteiger partial charge in [0.15, 0.2) is 5.13 Å². The lowest BCUT2D eigenvalue weighted by Gasteiger charge is -2.40. The van der Waals surface area contributed by atoms with Crippen LogP contribution in [0.1, 0.15) is 49.1 Å². The Morgan fingerprint density at radius 2 is 2.11 bits per heavy atom. The molecule has 2 aliphatic rings. The van der Waals surface area contributed by atoms with Gasteiger partial charge in [-0.3, -0.25) is 4.79 Å². The van der Waals surface area contributed by atoms with Crippen molar-refractivity contribution in [3.63, 3.8) is 0 Å². The topological polar surface area (TPSA) is 68.0 Å². The van der Waals surface area contributed by atoms with E-state index in [1.165, 1.54) is 29.8 Å². The summed E-state index contributed by atoms with van der Waals surface area (Å²) in [7, 11) is 0. The summed E-state index contributed by atoms with van der Waals surface area (Å²) in [6, 6.07) is 0. The molecule has 1 aromatic rings. The molecule has 1 fully saturated rings. The predicted octanol–water partition coefficient (Wildman–Crippen LogP) is 2.48. The van der Waals surface area contributed by atoms with Crippen molar-refractivity contribution in [3.05, 3.63) is 10.6 Å². The second-order valence-corrected chi connectivity index (χ2v) is 6.96. The summed E-state index contributed by atoms with van der Waals surface area (Å²) in [4.78, 5) is 18.0. The van der Waals surface area contributed by atoms with Crippen molar-refractivity contribution < 1.29 is 4.79 Å². The van der Waals surface area contributed by atoms with Crippen LogP contribution in [-0.2, 0) is 17.6 Å². The van der Waals surface area contributed by atoms with Gasteiger partial charge in [-0.15, -0.1) is 11.3 Å². The highest BCUT2D eigenvalue weighted by Crippen LogP contribution is 2.43. The first-order chi connectivity index (χ1) is 9.21. The standard InChI is InChI=1S/C14H21N3OS/c15-9-14(6-3-7-14)8-12(18)17-13-16-10-4-1-2-5-11(10)19-13/h1-9,15H2,(H,16,17,18). The zero-order chi connectivity index (χ0) is 13.3. The lowest BCUT2D eigenvalue weighted by Crippen LogP contribution is -2.40. The zero-order valence-electron chi connectivity index (χ0n) is 11.2. The Morgan fingerprint density at radius 1 is 1.32 bits per heavy atom. The maximum Gasteiger partial charge on any atom is 0.226 e. The summed E-state index contributed by atoms with van der Waals surface area (Å²) >= 11 is 1.65. The van der Waals surface area contributed by atoms with Crippen LogP contribution in [0, 0.1) is 5.41 Å². The summed E-state index contributed by atoms with van der Waals surface area (Å²) in [5.74, 6) is 0.0799. The fourth-order valence-electron chi connectivity index (χ4n) is 3.04.